The molecule has 0 spiro atoms. The smallest absolute Gasteiger partial charge is 0.225 e. The lowest BCUT2D eigenvalue weighted by molar-refractivity contribution is 0.930. The molecule has 1 aromatic heterocycles. The molecular formula is C13H25N5S7. The molecule has 0 aliphatic carbocycles. The number of hydrogen-bond acceptors (Lipinski definition) is 12. The van der Waals surface area contributed by atoms with E-state index in [2.05, 4.69) is 52.8 Å². The number of rotatable bonds is 14. The Hall–Kier alpha value is 1.06. The van der Waals surface area contributed by atoms with Gasteiger partial charge in [0.25, 0.3) is 0 Å². The zero-order chi connectivity index (χ0) is 18.5. The Morgan fingerprint density at radius 2 is 1.44 bits per heavy atom. The number of nitrogens with zero attached hydrogens (tertiary/aromatic N) is 3. The van der Waals surface area contributed by atoms with E-state index in [9.17, 15) is 0 Å². The van der Waals surface area contributed by atoms with Crippen molar-refractivity contribution < 1.29 is 0 Å². The minimum Gasteiger partial charge on any atom is -0.368 e. The van der Waals surface area contributed by atoms with Gasteiger partial charge >= 0.3 is 0 Å². The first-order chi connectivity index (χ1) is 12.1. The summed E-state index contributed by atoms with van der Waals surface area (Å²) in [6, 6.07) is 0. The lowest BCUT2D eigenvalue weighted by atomic mass is 10.5. The molecule has 0 bridgehead atoms. The van der Waals surface area contributed by atoms with Gasteiger partial charge < -0.3 is 11.5 Å². The molecule has 0 saturated heterocycles. The van der Waals surface area contributed by atoms with Crippen LogP contribution in [-0.4, -0.2) is 71.5 Å². The Morgan fingerprint density at radius 1 is 0.800 bits per heavy atom. The summed E-state index contributed by atoms with van der Waals surface area (Å²) >= 11 is 20.6. The maximum Gasteiger partial charge on any atom is 0.225 e. The maximum absolute atomic E-state index is 5.57. The summed E-state index contributed by atoms with van der Waals surface area (Å²) < 4.78 is 0. The van der Waals surface area contributed by atoms with Gasteiger partial charge in [-0.25, -0.2) is 0 Å². The number of thioether (sulfide) groups is 4. The minimum atomic E-state index is 0.167. The average molecular weight is 476 g/mol. The van der Waals surface area contributed by atoms with Crippen LogP contribution in [0.4, 0.5) is 11.9 Å². The molecule has 0 aliphatic heterocycles. The average Bonchev–Trinajstić information content (AvgIpc) is 2.58. The van der Waals surface area contributed by atoms with Crippen molar-refractivity contribution in [3.05, 3.63) is 0 Å². The monoisotopic (exact) mass is 475 g/mol. The van der Waals surface area contributed by atoms with Gasteiger partial charge in [0.1, 0.15) is 0 Å². The predicted octanol–water partition coefficient (Wildman–Crippen LogP) is 2.85. The van der Waals surface area contributed by atoms with Gasteiger partial charge in [-0.1, -0.05) is 11.8 Å². The molecular weight excluding hydrogens is 451 g/mol. The van der Waals surface area contributed by atoms with Crippen molar-refractivity contribution in [2.75, 3.05) is 57.5 Å². The normalized spacial score (nSPS) is 13.7. The number of nitrogen functional groups attached to an aromatic ring is 2. The van der Waals surface area contributed by atoms with Gasteiger partial charge in [0, 0.05) is 50.8 Å². The molecule has 0 amide bonds. The van der Waals surface area contributed by atoms with Gasteiger partial charge in [0.15, 0.2) is 5.16 Å². The van der Waals surface area contributed by atoms with Crippen LogP contribution in [0.1, 0.15) is 0 Å². The number of aromatic nitrogens is 3. The molecule has 12 heteroatoms. The van der Waals surface area contributed by atoms with Crippen LogP contribution in [0.3, 0.4) is 0 Å². The van der Waals surface area contributed by atoms with Gasteiger partial charge in [-0.3, -0.25) is 0 Å². The summed E-state index contributed by atoms with van der Waals surface area (Å²) in [6.07, 6.45) is 0. The second kappa shape index (κ2) is 15.0. The standard InChI is InChI=1S/C13H25N5S7/c14-11-16-12(15)18-13(17-11)24-4-3-23-10(6-21)8-25-9(5-20)7-22-2-1-19/h9-10,19-21H,1-8H2,(H4,14,15,16,17,18). The Balaban J connectivity index is 2.24. The van der Waals surface area contributed by atoms with Gasteiger partial charge in [-0.15, -0.1) is 0 Å². The third kappa shape index (κ3) is 11.5. The molecule has 1 rings (SSSR count). The second-order valence-electron chi connectivity index (χ2n) is 4.79. The largest absolute Gasteiger partial charge is 0.368 e. The lowest BCUT2D eigenvalue weighted by Gasteiger charge is -2.18. The zero-order valence-corrected chi connectivity index (χ0v) is 19.7. The number of hydrogen-bond donors (Lipinski definition) is 5. The van der Waals surface area contributed by atoms with E-state index in [0.29, 0.717) is 15.7 Å². The molecule has 5 nitrogen and oxygen atoms in total. The summed E-state index contributed by atoms with van der Waals surface area (Å²) in [5.41, 5.74) is 11.1. The molecule has 1 heterocycles. The SMILES string of the molecule is Nc1nc(N)nc(SCCSC(CS)CSC(CS)CSCCS)n1. The fourth-order valence-electron chi connectivity index (χ4n) is 1.63. The molecule has 2 atom stereocenters. The van der Waals surface area contributed by atoms with Crippen molar-refractivity contribution in [1.29, 1.82) is 0 Å². The summed E-state index contributed by atoms with van der Waals surface area (Å²) in [7, 11) is 0. The summed E-state index contributed by atoms with van der Waals surface area (Å²) in [4.78, 5) is 11.9. The Morgan fingerprint density at radius 3 is 2.04 bits per heavy atom. The molecule has 0 fully saturated rings. The minimum absolute atomic E-state index is 0.167. The van der Waals surface area contributed by atoms with Crippen LogP contribution < -0.4 is 11.5 Å². The van der Waals surface area contributed by atoms with Crippen LogP contribution in [0, 0.1) is 0 Å². The van der Waals surface area contributed by atoms with E-state index < -0.39 is 0 Å². The molecule has 4 N–H and O–H groups in total. The maximum atomic E-state index is 5.57. The summed E-state index contributed by atoms with van der Waals surface area (Å²) in [5, 5.41) is 1.69. The third-order valence-corrected chi connectivity index (χ3v) is 9.99. The first-order valence-electron chi connectivity index (χ1n) is 7.62. The molecule has 0 saturated carbocycles. The fourth-order valence-corrected chi connectivity index (χ4v) is 7.59. The molecule has 0 aliphatic rings. The molecule has 25 heavy (non-hydrogen) atoms. The number of nitrogens with two attached hydrogens (primary N) is 2. The molecule has 1 aromatic rings. The van der Waals surface area contributed by atoms with Crippen molar-refractivity contribution in [1.82, 2.24) is 15.0 Å². The van der Waals surface area contributed by atoms with Gasteiger partial charge in [0.2, 0.25) is 11.9 Å². The van der Waals surface area contributed by atoms with Gasteiger partial charge in [-0.2, -0.15) is 88.1 Å². The highest BCUT2D eigenvalue weighted by Gasteiger charge is 2.13. The van der Waals surface area contributed by atoms with Crippen molar-refractivity contribution in [3.63, 3.8) is 0 Å². The Kier molecular flexibility index (Phi) is 14.5. The predicted molar refractivity (Wildman–Crippen MR) is 131 cm³/mol. The quantitative estimate of drug-likeness (QED) is 0.158. The molecule has 0 aromatic carbocycles. The van der Waals surface area contributed by atoms with Crippen LogP contribution >= 0.6 is 84.9 Å². The van der Waals surface area contributed by atoms with E-state index in [1.54, 1.807) is 11.8 Å². The summed E-state index contributed by atoms with van der Waals surface area (Å²) in [6.45, 7) is 0. The first kappa shape index (κ1) is 24.1. The number of anilines is 2. The van der Waals surface area contributed by atoms with Crippen LogP contribution in [-0.2, 0) is 0 Å². The summed E-state index contributed by atoms with van der Waals surface area (Å²) in [5.74, 6) is 8.28. The van der Waals surface area contributed by atoms with E-state index in [1.807, 2.05) is 35.3 Å². The zero-order valence-electron chi connectivity index (χ0n) is 13.8. The molecule has 2 unspecified atom stereocenters. The van der Waals surface area contributed by atoms with Crippen LogP contribution in [0.5, 0.6) is 0 Å². The second-order valence-corrected chi connectivity index (χ2v) is 10.9. The highest BCUT2D eigenvalue weighted by atomic mass is 32.2. The van der Waals surface area contributed by atoms with Crippen molar-refractivity contribution in [2.24, 2.45) is 0 Å². The van der Waals surface area contributed by atoms with Gasteiger partial charge in [0.05, 0.1) is 0 Å². The molecule has 0 radical (unpaired) electrons. The van der Waals surface area contributed by atoms with Crippen molar-refractivity contribution in [3.8, 4) is 0 Å². The van der Waals surface area contributed by atoms with Crippen LogP contribution in [0.25, 0.3) is 0 Å². The van der Waals surface area contributed by atoms with E-state index in [0.717, 1.165) is 46.0 Å². The van der Waals surface area contributed by atoms with Crippen LogP contribution in [0.15, 0.2) is 5.16 Å². The van der Waals surface area contributed by atoms with E-state index >= 15 is 0 Å². The topological polar surface area (TPSA) is 90.7 Å². The third-order valence-electron chi connectivity index (χ3n) is 2.78. The fraction of sp³-hybridized carbons (Fsp3) is 0.769. The lowest BCUT2D eigenvalue weighted by Crippen LogP contribution is -2.16. The first-order valence-corrected chi connectivity index (χ1v) is 13.8. The Labute approximate surface area is 183 Å². The van der Waals surface area contributed by atoms with Crippen molar-refractivity contribution in [2.45, 2.75) is 15.7 Å². The molecule has 144 valence electrons. The Bertz CT molecular complexity index is 462. The van der Waals surface area contributed by atoms with Crippen LogP contribution in [0.2, 0.25) is 0 Å². The number of thiol groups is 3. The highest BCUT2D eigenvalue weighted by molar-refractivity contribution is 8.06. The van der Waals surface area contributed by atoms with Crippen molar-refractivity contribution >= 4 is 96.8 Å². The van der Waals surface area contributed by atoms with E-state index in [1.165, 1.54) is 0 Å². The highest BCUT2D eigenvalue weighted by Crippen LogP contribution is 2.25. The van der Waals surface area contributed by atoms with E-state index in [4.69, 9.17) is 11.5 Å². The van der Waals surface area contributed by atoms with Gasteiger partial charge in [-0.05, 0) is 5.75 Å². The van der Waals surface area contributed by atoms with E-state index in [-0.39, 0.29) is 11.9 Å².